The monoisotopic (exact) mass is 172 g/mol. The normalized spacial score (nSPS) is 29.8. The molecule has 0 aromatic heterocycles. The van der Waals surface area contributed by atoms with Gasteiger partial charge in [0.15, 0.2) is 0 Å². The summed E-state index contributed by atoms with van der Waals surface area (Å²) in [5.74, 6) is 0.330. The second-order valence-electron chi connectivity index (χ2n) is 3.43. The molecule has 0 aromatic rings. The van der Waals surface area contributed by atoms with E-state index < -0.39 is 0 Å². The Morgan fingerprint density at radius 1 is 1.42 bits per heavy atom. The summed E-state index contributed by atoms with van der Waals surface area (Å²) in [5, 5.41) is 8.39. The number of carbonyl (C=O) groups excluding carboxylic acids is 1. The molecular weight excluding hydrogens is 156 g/mol. The van der Waals surface area contributed by atoms with Crippen LogP contribution in [0, 0.1) is 11.8 Å². The van der Waals surface area contributed by atoms with Crippen molar-refractivity contribution >= 4 is 5.91 Å². The molecule has 0 atom stereocenters. The molecule has 0 saturated heterocycles. The van der Waals surface area contributed by atoms with Gasteiger partial charge in [0.2, 0.25) is 5.91 Å². The minimum absolute atomic E-state index is 0.00204. The number of nitrogens with two attached hydrogens (primary N) is 1. The predicted octanol–water partition coefficient (Wildman–Crippen LogP) is 0.257. The molecule has 4 heteroatoms. The van der Waals surface area contributed by atoms with Crippen LogP contribution in [-0.4, -0.2) is 17.7 Å². The van der Waals surface area contributed by atoms with Crippen LogP contribution in [0.5, 0.6) is 0 Å². The molecule has 4 N–H and O–H groups in total. The second kappa shape index (κ2) is 4.42. The maximum atomic E-state index is 11.0. The van der Waals surface area contributed by atoms with Gasteiger partial charge < -0.3 is 5.73 Å². The molecule has 1 saturated carbocycles. The van der Waals surface area contributed by atoms with Crippen LogP contribution in [0.2, 0.25) is 0 Å². The smallest absolute Gasteiger partial charge is 0.246 e. The van der Waals surface area contributed by atoms with Gasteiger partial charge in [-0.1, -0.05) is 0 Å². The fourth-order valence-electron chi connectivity index (χ4n) is 1.75. The van der Waals surface area contributed by atoms with Crippen molar-refractivity contribution in [2.45, 2.75) is 25.7 Å². The van der Waals surface area contributed by atoms with Crippen LogP contribution in [-0.2, 0) is 4.79 Å². The first-order valence-electron chi connectivity index (χ1n) is 4.42. The zero-order valence-electron chi connectivity index (χ0n) is 7.12. The molecule has 1 fully saturated rings. The lowest BCUT2D eigenvalue weighted by atomic mass is 9.82. The van der Waals surface area contributed by atoms with Crippen molar-refractivity contribution in [1.29, 1.82) is 0 Å². The number of hydrogen-bond donors (Lipinski definition) is 3. The van der Waals surface area contributed by atoms with E-state index in [0.29, 0.717) is 12.5 Å². The molecule has 0 heterocycles. The number of rotatable bonds is 2. The van der Waals surface area contributed by atoms with E-state index >= 15 is 0 Å². The van der Waals surface area contributed by atoms with Crippen LogP contribution in [0.4, 0.5) is 0 Å². The molecule has 0 spiro atoms. The Morgan fingerprint density at radius 2 is 2.00 bits per heavy atom. The minimum Gasteiger partial charge on any atom is -0.330 e. The lowest BCUT2D eigenvalue weighted by Crippen LogP contribution is -2.32. The number of hydroxylamine groups is 1. The highest BCUT2D eigenvalue weighted by atomic mass is 16.5. The average Bonchev–Trinajstić information content (AvgIpc) is 2.17. The average molecular weight is 172 g/mol. The van der Waals surface area contributed by atoms with Gasteiger partial charge in [-0.2, -0.15) is 0 Å². The van der Waals surface area contributed by atoms with Crippen molar-refractivity contribution in [2.24, 2.45) is 17.6 Å². The van der Waals surface area contributed by atoms with Crippen molar-refractivity contribution in [2.75, 3.05) is 6.54 Å². The van der Waals surface area contributed by atoms with Gasteiger partial charge in [0, 0.05) is 5.92 Å². The van der Waals surface area contributed by atoms with Gasteiger partial charge in [0.1, 0.15) is 0 Å². The van der Waals surface area contributed by atoms with Gasteiger partial charge in [0.25, 0.3) is 0 Å². The molecule has 0 aromatic carbocycles. The van der Waals surface area contributed by atoms with E-state index in [-0.39, 0.29) is 11.8 Å². The fraction of sp³-hybridized carbons (Fsp3) is 0.875. The first-order chi connectivity index (χ1) is 5.77. The molecule has 1 rings (SSSR count). The molecule has 0 unspecified atom stereocenters. The highest BCUT2D eigenvalue weighted by Crippen LogP contribution is 2.27. The van der Waals surface area contributed by atoms with Gasteiger partial charge in [-0.15, -0.1) is 0 Å². The second-order valence-corrected chi connectivity index (χ2v) is 3.43. The molecule has 0 aliphatic heterocycles. The van der Waals surface area contributed by atoms with Crippen molar-refractivity contribution < 1.29 is 10.0 Å². The van der Waals surface area contributed by atoms with Gasteiger partial charge in [0.05, 0.1) is 0 Å². The highest BCUT2D eigenvalue weighted by Gasteiger charge is 2.24. The minimum atomic E-state index is -0.245. The lowest BCUT2D eigenvalue weighted by molar-refractivity contribution is -0.134. The topological polar surface area (TPSA) is 75.4 Å². The molecule has 1 aliphatic carbocycles. The number of nitrogens with one attached hydrogen (secondary N) is 1. The zero-order valence-corrected chi connectivity index (χ0v) is 7.12. The SMILES string of the molecule is NCC1CCC(C(=O)NO)CC1. The predicted molar refractivity (Wildman–Crippen MR) is 44.4 cm³/mol. The van der Waals surface area contributed by atoms with E-state index in [4.69, 9.17) is 10.9 Å². The van der Waals surface area contributed by atoms with Gasteiger partial charge in [-0.05, 0) is 38.1 Å². The summed E-state index contributed by atoms with van der Waals surface area (Å²) in [6.07, 6.45) is 3.73. The summed E-state index contributed by atoms with van der Waals surface area (Å²) in [5.41, 5.74) is 7.20. The molecule has 4 nitrogen and oxygen atoms in total. The van der Waals surface area contributed by atoms with Crippen LogP contribution >= 0.6 is 0 Å². The largest absolute Gasteiger partial charge is 0.330 e. The van der Waals surface area contributed by atoms with Gasteiger partial charge in [-0.3, -0.25) is 10.0 Å². The Bertz CT molecular complexity index is 153. The number of hydrogen-bond acceptors (Lipinski definition) is 3. The number of amides is 1. The quantitative estimate of drug-likeness (QED) is 0.413. The molecule has 1 aliphatic rings. The van der Waals surface area contributed by atoms with Crippen molar-refractivity contribution in [1.82, 2.24) is 5.48 Å². The van der Waals surface area contributed by atoms with Crippen molar-refractivity contribution in [3.8, 4) is 0 Å². The van der Waals surface area contributed by atoms with E-state index in [1.807, 2.05) is 0 Å². The van der Waals surface area contributed by atoms with Crippen LogP contribution in [0.3, 0.4) is 0 Å². The van der Waals surface area contributed by atoms with E-state index in [0.717, 1.165) is 25.7 Å². The van der Waals surface area contributed by atoms with Crippen molar-refractivity contribution in [3.05, 3.63) is 0 Å². The maximum absolute atomic E-state index is 11.0. The van der Waals surface area contributed by atoms with Crippen molar-refractivity contribution in [3.63, 3.8) is 0 Å². The van der Waals surface area contributed by atoms with E-state index in [9.17, 15) is 4.79 Å². The third kappa shape index (κ3) is 2.19. The third-order valence-electron chi connectivity index (χ3n) is 2.66. The Balaban J connectivity index is 2.30. The molecule has 12 heavy (non-hydrogen) atoms. The summed E-state index contributed by atoms with van der Waals surface area (Å²) < 4.78 is 0. The summed E-state index contributed by atoms with van der Waals surface area (Å²) in [6, 6.07) is 0. The van der Waals surface area contributed by atoms with E-state index in [1.165, 1.54) is 0 Å². The molecular formula is C8H16N2O2. The maximum Gasteiger partial charge on any atom is 0.246 e. The standard InChI is InChI=1S/C8H16N2O2/c9-5-6-1-3-7(4-2-6)8(11)10-12/h6-7,12H,1-5,9H2,(H,10,11). The van der Waals surface area contributed by atoms with Crippen LogP contribution < -0.4 is 11.2 Å². The Kier molecular flexibility index (Phi) is 3.49. The number of carbonyl (C=O) groups is 1. The highest BCUT2D eigenvalue weighted by molar-refractivity contribution is 5.77. The summed E-state index contributed by atoms with van der Waals surface area (Å²) >= 11 is 0. The molecule has 0 bridgehead atoms. The molecule has 0 radical (unpaired) electrons. The summed E-state index contributed by atoms with van der Waals surface area (Å²) in [4.78, 5) is 11.0. The zero-order chi connectivity index (χ0) is 8.97. The first kappa shape index (κ1) is 9.48. The molecule has 70 valence electrons. The van der Waals surface area contributed by atoms with Gasteiger partial charge >= 0.3 is 0 Å². The molecule has 1 amide bonds. The van der Waals surface area contributed by atoms with E-state index in [2.05, 4.69) is 0 Å². The summed E-state index contributed by atoms with van der Waals surface area (Å²) in [7, 11) is 0. The Labute approximate surface area is 72.1 Å². The summed E-state index contributed by atoms with van der Waals surface area (Å²) in [6.45, 7) is 0.716. The van der Waals surface area contributed by atoms with Gasteiger partial charge in [-0.25, -0.2) is 5.48 Å². The van der Waals surface area contributed by atoms with Crippen LogP contribution in [0.1, 0.15) is 25.7 Å². The van der Waals surface area contributed by atoms with Crippen LogP contribution in [0.25, 0.3) is 0 Å². The Morgan fingerprint density at radius 3 is 2.42 bits per heavy atom. The lowest BCUT2D eigenvalue weighted by Gasteiger charge is -2.25. The van der Waals surface area contributed by atoms with E-state index in [1.54, 1.807) is 5.48 Å². The fourth-order valence-corrected chi connectivity index (χ4v) is 1.75. The first-order valence-corrected chi connectivity index (χ1v) is 4.42. The third-order valence-corrected chi connectivity index (χ3v) is 2.66. The Hall–Kier alpha value is -0.610. The van der Waals surface area contributed by atoms with Crippen LogP contribution in [0.15, 0.2) is 0 Å².